The number of aromatic nitrogens is 2. The molecule has 1 saturated heterocycles. The number of aryl methyl sites for hydroxylation is 1. The molecule has 1 aromatic rings. The Morgan fingerprint density at radius 3 is 3.27 bits per heavy atom. The van der Waals surface area contributed by atoms with Crippen LogP contribution in [-0.2, 0) is 11.3 Å². The van der Waals surface area contributed by atoms with Crippen molar-refractivity contribution in [2.75, 3.05) is 0 Å². The average molecular weight is 208 g/mol. The van der Waals surface area contributed by atoms with Crippen molar-refractivity contribution in [3.63, 3.8) is 0 Å². The second kappa shape index (κ2) is 4.02. The van der Waals surface area contributed by atoms with Gasteiger partial charge in [-0.25, -0.2) is 0 Å². The standard InChI is InChI=1S/C10H16N4O/c1-2-14-8(5-6-12-14)10-7(11)3-4-9(15)13-10/h5-7,10H,2-4,11H2,1H3,(H,13,15)/t7-,10+/m1/s1. The summed E-state index contributed by atoms with van der Waals surface area (Å²) in [7, 11) is 0. The summed E-state index contributed by atoms with van der Waals surface area (Å²) in [4.78, 5) is 11.3. The van der Waals surface area contributed by atoms with Gasteiger partial charge in [0.2, 0.25) is 5.91 Å². The van der Waals surface area contributed by atoms with Crippen LogP contribution in [0.4, 0.5) is 0 Å². The molecule has 5 heteroatoms. The summed E-state index contributed by atoms with van der Waals surface area (Å²) in [5, 5.41) is 7.10. The number of nitrogens with one attached hydrogen (secondary N) is 1. The summed E-state index contributed by atoms with van der Waals surface area (Å²) in [6.45, 7) is 2.81. The van der Waals surface area contributed by atoms with E-state index in [1.165, 1.54) is 0 Å². The van der Waals surface area contributed by atoms with Crippen molar-refractivity contribution in [3.05, 3.63) is 18.0 Å². The van der Waals surface area contributed by atoms with Crippen LogP contribution in [0.3, 0.4) is 0 Å². The molecule has 1 aromatic heterocycles. The third-order valence-corrected chi connectivity index (χ3v) is 2.82. The predicted octanol–water partition coefficient (Wildman–Crippen LogP) is 0.181. The molecule has 1 aliphatic rings. The van der Waals surface area contributed by atoms with E-state index in [0.717, 1.165) is 18.7 Å². The number of hydrogen-bond acceptors (Lipinski definition) is 3. The summed E-state index contributed by atoms with van der Waals surface area (Å²) in [6, 6.07) is 1.82. The maximum Gasteiger partial charge on any atom is 0.220 e. The van der Waals surface area contributed by atoms with E-state index in [1.54, 1.807) is 6.20 Å². The second-order valence-electron chi connectivity index (χ2n) is 3.82. The zero-order valence-electron chi connectivity index (χ0n) is 8.81. The zero-order valence-corrected chi connectivity index (χ0v) is 8.81. The second-order valence-corrected chi connectivity index (χ2v) is 3.82. The molecule has 0 bridgehead atoms. The molecule has 1 aliphatic heterocycles. The van der Waals surface area contributed by atoms with Crippen molar-refractivity contribution in [1.82, 2.24) is 15.1 Å². The molecular weight excluding hydrogens is 192 g/mol. The minimum absolute atomic E-state index is 0.00954. The molecule has 2 rings (SSSR count). The quantitative estimate of drug-likeness (QED) is 0.728. The Kier molecular flexibility index (Phi) is 2.73. The molecule has 0 aromatic carbocycles. The van der Waals surface area contributed by atoms with Gasteiger partial charge < -0.3 is 11.1 Å². The highest BCUT2D eigenvalue weighted by Crippen LogP contribution is 2.22. The molecule has 0 aliphatic carbocycles. The minimum Gasteiger partial charge on any atom is -0.346 e. The number of carbonyl (C=O) groups is 1. The zero-order chi connectivity index (χ0) is 10.8. The molecule has 0 unspecified atom stereocenters. The molecule has 15 heavy (non-hydrogen) atoms. The summed E-state index contributed by atoms with van der Waals surface area (Å²) in [6.07, 6.45) is 3.01. The van der Waals surface area contributed by atoms with Crippen LogP contribution in [0.15, 0.2) is 12.3 Å². The van der Waals surface area contributed by atoms with Gasteiger partial charge in [-0.05, 0) is 19.4 Å². The highest BCUT2D eigenvalue weighted by Gasteiger charge is 2.29. The van der Waals surface area contributed by atoms with Crippen LogP contribution in [0.5, 0.6) is 0 Å². The van der Waals surface area contributed by atoms with E-state index >= 15 is 0 Å². The number of rotatable bonds is 2. The maximum atomic E-state index is 11.3. The van der Waals surface area contributed by atoms with Crippen molar-refractivity contribution in [2.45, 2.75) is 38.4 Å². The van der Waals surface area contributed by atoms with Crippen molar-refractivity contribution < 1.29 is 4.79 Å². The molecule has 0 saturated carbocycles. The number of amides is 1. The first-order valence-corrected chi connectivity index (χ1v) is 5.29. The van der Waals surface area contributed by atoms with Crippen molar-refractivity contribution >= 4 is 5.91 Å². The van der Waals surface area contributed by atoms with Gasteiger partial charge in [0.1, 0.15) is 0 Å². The normalized spacial score (nSPS) is 26.4. The van der Waals surface area contributed by atoms with E-state index < -0.39 is 0 Å². The van der Waals surface area contributed by atoms with E-state index in [4.69, 9.17) is 5.73 Å². The van der Waals surface area contributed by atoms with Crippen molar-refractivity contribution in [3.8, 4) is 0 Å². The van der Waals surface area contributed by atoms with Crippen molar-refractivity contribution in [2.24, 2.45) is 5.73 Å². The lowest BCUT2D eigenvalue weighted by molar-refractivity contribution is -0.123. The van der Waals surface area contributed by atoms with E-state index in [-0.39, 0.29) is 18.0 Å². The molecule has 2 heterocycles. The van der Waals surface area contributed by atoms with Crippen LogP contribution < -0.4 is 11.1 Å². The van der Waals surface area contributed by atoms with Crippen molar-refractivity contribution in [1.29, 1.82) is 0 Å². The van der Waals surface area contributed by atoms with Gasteiger partial charge in [0.25, 0.3) is 0 Å². The Morgan fingerprint density at radius 1 is 1.73 bits per heavy atom. The van der Waals surface area contributed by atoms with Crippen LogP contribution in [-0.4, -0.2) is 21.7 Å². The Balaban J connectivity index is 2.24. The summed E-state index contributed by atoms with van der Waals surface area (Å²) in [5.41, 5.74) is 7.00. The number of nitrogens with two attached hydrogens (primary N) is 1. The van der Waals surface area contributed by atoms with Crippen LogP contribution in [0, 0.1) is 0 Å². The molecule has 2 atom stereocenters. The van der Waals surface area contributed by atoms with E-state index in [1.807, 2.05) is 17.7 Å². The maximum absolute atomic E-state index is 11.3. The smallest absolute Gasteiger partial charge is 0.220 e. The Bertz CT molecular complexity index is 360. The monoisotopic (exact) mass is 208 g/mol. The molecule has 3 N–H and O–H groups in total. The summed E-state index contributed by atoms with van der Waals surface area (Å²) >= 11 is 0. The van der Waals surface area contributed by atoms with Gasteiger partial charge in [0.05, 0.1) is 11.7 Å². The van der Waals surface area contributed by atoms with Crippen LogP contribution in [0.2, 0.25) is 0 Å². The van der Waals surface area contributed by atoms with Gasteiger partial charge in [0, 0.05) is 25.2 Å². The Labute approximate surface area is 88.6 Å². The lowest BCUT2D eigenvalue weighted by atomic mass is 9.96. The highest BCUT2D eigenvalue weighted by atomic mass is 16.1. The van der Waals surface area contributed by atoms with Gasteiger partial charge in [-0.1, -0.05) is 0 Å². The number of hydrogen-bond donors (Lipinski definition) is 2. The van der Waals surface area contributed by atoms with Gasteiger partial charge >= 0.3 is 0 Å². The van der Waals surface area contributed by atoms with Gasteiger partial charge in [-0.3, -0.25) is 9.48 Å². The van der Waals surface area contributed by atoms with Crippen LogP contribution >= 0.6 is 0 Å². The number of piperidine rings is 1. The first-order valence-electron chi connectivity index (χ1n) is 5.29. The molecular formula is C10H16N4O. The van der Waals surface area contributed by atoms with Crippen LogP contribution in [0.1, 0.15) is 31.5 Å². The fourth-order valence-corrected chi connectivity index (χ4v) is 1.98. The third kappa shape index (κ3) is 1.87. The van der Waals surface area contributed by atoms with Gasteiger partial charge in [-0.15, -0.1) is 0 Å². The molecule has 1 fully saturated rings. The topological polar surface area (TPSA) is 72.9 Å². The lowest BCUT2D eigenvalue weighted by Gasteiger charge is -2.29. The van der Waals surface area contributed by atoms with Gasteiger partial charge in [-0.2, -0.15) is 5.10 Å². The summed E-state index contributed by atoms with van der Waals surface area (Å²) in [5.74, 6) is 0.0746. The fourth-order valence-electron chi connectivity index (χ4n) is 1.98. The SMILES string of the molecule is CCn1nccc1[C@H]1NC(=O)CC[C@H]1N. The molecule has 0 spiro atoms. The number of nitrogens with zero attached hydrogens (tertiary/aromatic N) is 2. The van der Waals surface area contributed by atoms with E-state index in [9.17, 15) is 4.79 Å². The number of carbonyl (C=O) groups excluding carboxylic acids is 1. The first kappa shape index (κ1) is 10.2. The highest BCUT2D eigenvalue weighted by molar-refractivity contribution is 5.77. The molecule has 82 valence electrons. The fraction of sp³-hybridized carbons (Fsp3) is 0.600. The average Bonchev–Trinajstić information content (AvgIpc) is 2.69. The molecule has 1 amide bonds. The molecule has 5 nitrogen and oxygen atoms in total. The first-order chi connectivity index (χ1) is 7.22. The van der Waals surface area contributed by atoms with E-state index in [2.05, 4.69) is 10.4 Å². The lowest BCUT2D eigenvalue weighted by Crippen LogP contribution is -2.46. The summed E-state index contributed by atoms with van der Waals surface area (Å²) < 4.78 is 1.87. The molecule has 0 radical (unpaired) electrons. The Morgan fingerprint density at radius 2 is 2.53 bits per heavy atom. The third-order valence-electron chi connectivity index (χ3n) is 2.82. The van der Waals surface area contributed by atoms with Gasteiger partial charge in [0.15, 0.2) is 0 Å². The predicted molar refractivity (Wildman–Crippen MR) is 56.0 cm³/mol. The largest absolute Gasteiger partial charge is 0.346 e. The van der Waals surface area contributed by atoms with E-state index in [0.29, 0.717) is 6.42 Å². The van der Waals surface area contributed by atoms with Crippen LogP contribution in [0.25, 0.3) is 0 Å². The Hall–Kier alpha value is -1.36. The minimum atomic E-state index is -0.0892.